The maximum Gasteiger partial charge on any atom is 0.335 e. The Labute approximate surface area is 104 Å². The summed E-state index contributed by atoms with van der Waals surface area (Å²) >= 11 is 0. The predicted octanol–water partition coefficient (Wildman–Crippen LogP) is 2.60. The molecule has 3 aromatic rings. The SMILES string of the molecule is O=C(C[n+]1coc2ccccc21)c1ccccc1. The van der Waals surface area contributed by atoms with Crippen LogP contribution in [0.4, 0.5) is 0 Å². The van der Waals surface area contributed by atoms with Gasteiger partial charge in [0.05, 0.1) is 0 Å². The highest BCUT2D eigenvalue weighted by molar-refractivity contribution is 5.95. The Kier molecular flexibility index (Phi) is 2.65. The van der Waals surface area contributed by atoms with Crippen LogP contribution in [0.25, 0.3) is 11.1 Å². The minimum atomic E-state index is 0.0761. The Morgan fingerprint density at radius 1 is 1.00 bits per heavy atom. The fourth-order valence-electron chi connectivity index (χ4n) is 1.96. The standard InChI is InChI=1S/C15H12NO2/c17-14(12-6-2-1-3-7-12)10-16-11-18-15-9-5-4-8-13(15)16/h1-9,11H,10H2/q+1. The van der Waals surface area contributed by atoms with Gasteiger partial charge in [0.15, 0.2) is 0 Å². The highest BCUT2D eigenvalue weighted by atomic mass is 16.3. The van der Waals surface area contributed by atoms with Crippen molar-refractivity contribution < 1.29 is 13.8 Å². The number of aromatic nitrogens is 1. The van der Waals surface area contributed by atoms with Crippen molar-refractivity contribution >= 4 is 16.9 Å². The minimum Gasteiger partial charge on any atom is -0.404 e. The smallest absolute Gasteiger partial charge is 0.335 e. The van der Waals surface area contributed by atoms with E-state index in [2.05, 4.69) is 0 Å². The van der Waals surface area contributed by atoms with Gasteiger partial charge in [-0.3, -0.25) is 4.79 Å². The van der Waals surface area contributed by atoms with E-state index in [1.54, 1.807) is 6.39 Å². The Bertz CT molecular complexity index is 686. The van der Waals surface area contributed by atoms with Gasteiger partial charge in [-0.2, -0.15) is 4.57 Å². The van der Waals surface area contributed by atoms with Gasteiger partial charge in [-0.25, -0.2) is 0 Å². The monoisotopic (exact) mass is 238 g/mol. The van der Waals surface area contributed by atoms with Crippen LogP contribution in [0.1, 0.15) is 10.4 Å². The molecule has 0 N–H and O–H groups in total. The summed E-state index contributed by atoms with van der Waals surface area (Å²) in [6, 6.07) is 17.0. The van der Waals surface area contributed by atoms with E-state index >= 15 is 0 Å². The molecule has 2 aromatic carbocycles. The van der Waals surface area contributed by atoms with Crippen LogP contribution in [-0.2, 0) is 6.54 Å². The fraction of sp³-hybridized carbons (Fsp3) is 0.0667. The Hall–Kier alpha value is -2.42. The van der Waals surface area contributed by atoms with Gasteiger partial charge in [0.2, 0.25) is 17.9 Å². The number of Topliss-reactive ketones (excluding diaryl/α,β-unsaturated/α-hetero) is 1. The summed E-state index contributed by atoms with van der Waals surface area (Å²) in [5.74, 6) is 0.0761. The molecule has 1 heterocycles. The Morgan fingerprint density at radius 3 is 2.56 bits per heavy atom. The third kappa shape index (κ3) is 1.91. The average molecular weight is 238 g/mol. The van der Waals surface area contributed by atoms with Crippen LogP contribution in [0.5, 0.6) is 0 Å². The van der Waals surface area contributed by atoms with Gasteiger partial charge in [0.1, 0.15) is 0 Å². The number of para-hydroxylation sites is 2. The zero-order chi connectivity index (χ0) is 12.4. The fourth-order valence-corrected chi connectivity index (χ4v) is 1.96. The van der Waals surface area contributed by atoms with Crippen molar-refractivity contribution in [3.05, 3.63) is 66.6 Å². The molecule has 0 amide bonds. The molecular weight excluding hydrogens is 226 g/mol. The molecule has 18 heavy (non-hydrogen) atoms. The summed E-state index contributed by atoms with van der Waals surface area (Å²) < 4.78 is 7.22. The van der Waals surface area contributed by atoms with E-state index in [9.17, 15) is 4.79 Å². The molecule has 0 radical (unpaired) electrons. The molecule has 0 atom stereocenters. The Balaban J connectivity index is 1.91. The third-order valence-corrected chi connectivity index (χ3v) is 2.89. The largest absolute Gasteiger partial charge is 0.404 e. The zero-order valence-corrected chi connectivity index (χ0v) is 9.74. The highest BCUT2D eigenvalue weighted by Gasteiger charge is 2.17. The van der Waals surface area contributed by atoms with Crippen LogP contribution < -0.4 is 4.57 Å². The lowest BCUT2D eigenvalue weighted by atomic mass is 10.1. The molecule has 3 nitrogen and oxygen atoms in total. The van der Waals surface area contributed by atoms with E-state index in [-0.39, 0.29) is 5.78 Å². The zero-order valence-electron chi connectivity index (χ0n) is 9.74. The molecule has 88 valence electrons. The lowest BCUT2D eigenvalue weighted by Gasteiger charge is -1.95. The van der Waals surface area contributed by atoms with Crippen molar-refractivity contribution in [3.8, 4) is 0 Å². The number of benzene rings is 2. The normalized spacial score (nSPS) is 10.7. The predicted molar refractivity (Wildman–Crippen MR) is 67.2 cm³/mol. The van der Waals surface area contributed by atoms with Gasteiger partial charge in [0.25, 0.3) is 5.52 Å². The molecule has 1 aromatic heterocycles. The van der Waals surface area contributed by atoms with E-state index in [4.69, 9.17) is 4.42 Å². The van der Waals surface area contributed by atoms with Crippen molar-refractivity contribution in [2.24, 2.45) is 0 Å². The third-order valence-electron chi connectivity index (χ3n) is 2.89. The second-order valence-electron chi connectivity index (χ2n) is 4.11. The van der Waals surface area contributed by atoms with E-state index in [0.717, 1.165) is 16.7 Å². The van der Waals surface area contributed by atoms with Crippen LogP contribution in [-0.4, -0.2) is 5.78 Å². The topological polar surface area (TPSA) is 34.1 Å². The second kappa shape index (κ2) is 4.45. The molecule has 0 fully saturated rings. The van der Waals surface area contributed by atoms with E-state index in [0.29, 0.717) is 6.54 Å². The number of carbonyl (C=O) groups is 1. The first-order valence-electron chi connectivity index (χ1n) is 5.78. The summed E-state index contributed by atoms with van der Waals surface area (Å²) in [4.78, 5) is 12.1. The molecule has 3 rings (SSSR count). The number of fused-ring (bicyclic) bond motifs is 1. The molecular formula is C15H12NO2+. The van der Waals surface area contributed by atoms with Gasteiger partial charge in [-0.1, -0.05) is 42.5 Å². The lowest BCUT2D eigenvalue weighted by molar-refractivity contribution is -0.662. The van der Waals surface area contributed by atoms with Crippen LogP contribution in [0.2, 0.25) is 0 Å². The molecule has 3 heteroatoms. The average Bonchev–Trinajstić information content (AvgIpc) is 2.83. The first kappa shape index (κ1) is 10.7. The van der Waals surface area contributed by atoms with E-state index in [1.165, 1.54) is 0 Å². The number of rotatable bonds is 3. The van der Waals surface area contributed by atoms with Crippen molar-refractivity contribution in [2.45, 2.75) is 6.54 Å². The Morgan fingerprint density at radius 2 is 1.72 bits per heavy atom. The van der Waals surface area contributed by atoms with E-state index in [1.807, 2.05) is 59.2 Å². The minimum absolute atomic E-state index is 0.0761. The summed E-state index contributed by atoms with van der Waals surface area (Å²) in [5, 5.41) is 0. The number of hydrogen-bond acceptors (Lipinski definition) is 2. The molecule has 0 unspecified atom stereocenters. The summed E-state index contributed by atoms with van der Waals surface area (Å²) in [6.07, 6.45) is 1.59. The summed E-state index contributed by atoms with van der Waals surface area (Å²) in [6.45, 7) is 0.293. The number of carbonyl (C=O) groups excluding carboxylic acids is 1. The number of nitrogens with zero attached hydrogens (tertiary/aromatic N) is 1. The lowest BCUT2D eigenvalue weighted by Crippen LogP contribution is -2.36. The molecule has 0 aliphatic heterocycles. The van der Waals surface area contributed by atoms with Crippen molar-refractivity contribution in [2.75, 3.05) is 0 Å². The number of oxazole rings is 1. The molecule has 0 aliphatic carbocycles. The quantitative estimate of drug-likeness (QED) is 0.519. The summed E-state index contributed by atoms with van der Waals surface area (Å²) in [5.41, 5.74) is 2.44. The number of ketones is 1. The van der Waals surface area contributed by atoms with Crippen LogP contribution >= 0.6 is 0 Å². The maximum absolute atomic E-state index is 12.1. The molecule has 0 aliphatic rings. The van der Waals surface area contributed by atoms with Gasteiger partial charge in [-0.15, -0.1) is 0 Å². The first-order chi connectivity index (χ1) is 8.84. The molecule has 0 spiro atoms. The van der Waals surface area contributed by atoms with Gasteiger partial charge in [0, 0.05) is 11.6 Å². The van der Waals surface area contributed by atoms with Crippen LogP contribution in [0.15, 0.2) is 65.4 Å². The molecule has 0 saturated carbocycles. The summed E-state index contributed by atoms with van der Waals surface area (Å²) in [7, 11) is 0. The van der Waals surface area contributed by atoms with E-state index < -0.39 is 0 Å². The van der Waals surface area contributed by atoms with Crippen molar-refractivity contribution in [1.29, 1.82) is 0 Å². The van der Waals surface area contributed by atoms with Gasteiger partial charge < -0.3 is 4.42 Å². The maximum atomic E-state index is 12.1. The van der Waals surface area contributed by atoms with Crippen LogP contribution in [0.3, 0.4) is 0 Å². The first-order valence-corrected chi connectivity index (χ1v) is 5.78. The second-order valence-corrected chi connectivity index (χ2v) is 4.11. The molecule has 0 bridgehead atoms. The highest BCUT2D eigenvalue weighted by Crippen LogP contribution is 2.09. The van der Waals surface area contributed by atoms with Crippen LogP contribution in [0, 0.1) is 0 Å². The van der Waals surface area contributed by atoms with Crippen molar-refractivity contribution in [3.63, 3.8) is 0 Å². The van der Waals surface area contributed by atoms with Gasteiger partial charge in [-0.05, 0) is 6.07 Å². The molecule has 0 saturated heterocycles. The van der Waals surface area contributed by atoms with Crippen molar-refractivity contribution in [1.82, 2.24) is 0 Å². The van der Waals surface area contributed by atoms with Gasteiger partial charge >= 0.3 is 6.39 Å². The number of hydrogen-bond donors (Lipinski definition) is 0.